The molecule has 0 aliphatic rings. The molecule has 1 rings (SSSR count). The van der Waals surface area contributed by atoms with Crippen molar-refractivity contribution in [3.8, 4) is 0 Å². The molecule has 0 radical (unpaired) electrons. The highest BCUT2D eigenvalue weighted by Crippen LogP contribution is 2.28. The maximum Gasteiger partial charge on any atom is 0.239 e. The molecule has 5 heteroatoms. The van der Waals surface area contributed by atoms with E-state index in [0.717, 1.165) is 16.1 Å². The smallest absolute Gasteiger partial charge is 0.239 e. The SMILES string of the molecule is CCNC(=O)CN(C)c1cccc(SC)c1CN. The van der Waals surface area contributed by atoms with E-state index in [4.69, 9.17) is 5.73 Å². The maximum absolute atomic E-state index is 11.6. The number of rotatable bonds is 6. The van der Waals surface area contributed by atoms with Gasteiger partial charge >= 0.3 is 0 Å². The zero-order valence-corrected chi connectivity index (χ0v) is 12.0. The van der Waals surface area contributed by atoms with Gasteiger partial charge in [0.05, 0.1) is 6.54 Å². The number of amides is 1. The highest BCUT2D eigenvalue weighted by atomic mass is 32.2. The molecule has 18 heavy (non-hydrogen) atoms. The molecular weight excluding hydrogens is 246 g/mol. The Morgan fingerprint density at radius 3 is 2.78 bits per heavy atom. The van der Waals surface area contributed by atoms with Crippen LogP contribution in [0.15, 0.2) is 23.1 Å². The molecule has 0 unspecified atom stereocenters. The quantitative estimate of drug-likeness (QED) is 0.766. The Labute approximate surface area is 113 Å². The van der Waals surface area contributed by atoms with Crippen molar-refractivity contribution in [1.82, 2.24) is 5.32 Å². The van der Waals surface area contributed by atoms with Gasteiger partial charge in [-0.05, 0) is 25.3 Å². The Balaban J connectivity index is 2.91. The minimum atomic E-state index is 0.0255. The third kappa shape index (κ3) is 3.65. The van der Waals surface area contributed by atoms with Crippen molar-refractivity contribution in [3.05, 3.63) is 23.8 Å². The summed E-state index contributed by atoms with van der Waals surface area (Å²) in [6.45, 7) is 3.39. The number of nitrogens with two attached hydrogens (primary N) is 1. The van der Waals surface area contributed by atoms with Crippen molar-refractivity contribution < 1.29 is 4.79 Å². The lowest BCUT2D eigenvalue weighted by Gasteiger charge is -2.22. The van der Waals surface area contributed by atoms with Crippen LogP contribution < -0.4 is 16.0 Å². The first-order chi connectivity index (χ1) is 8.63. The maximum atomic E-state index is 11.6. The van der Waals surface area contributed by atoms with Crippen molar-refractivity contribution in [1.29, 1.82) is 0 Å². The summed E-state index contributed by atoms with van der Waals surface area (Å²) in [7, 11) is 1.91. The molecule has 0 bridgehead atoms. The Morgan fingerprint density at radius 1 is 1.50 bits per heavy atom. The van der Waals surface area contributed by atoms with Crippen LogP contribution in [0.5, 0.6) is 0 Å². The van der Waals surface area contributed by atoms with Crippen LogP contribution in [0.1, 0.15) is 12.5 Å². The first-order valence-electron chi connectivity index (χ1n) is 5.97. The molecule has 0 fully saturated rings. The van der Waals surface area contributed by atoms with Gasteiger partial charge in [-0.3, -0.25) is 4.79 Å². The summed E-state index contributed by atoms with van der Waals surface area (Å²) >= 11 is 1.67. The summed E-state index contributed by atoms with van der Waals surface area (Å²) in [6, 6.07) is 6.05. The molecule has 0 aliphatic carbocycles. The molecule has 1 aromatic rings. The average Bonchev–Trinajstić information content (AvgIpc) is 2.37. The van der Waals surface area contributed by atoms with Crippen LogP contribution in [-0.4, -0.2) is 32.3 Å². The minimum absolute atomic E-state index is 0.0255. The van der Waals surface area contributed by atoms with E-state index in [9.17, 15) is 4.79 Å². The van der Waals surface area contributed by atoms with Crippen LogP contribution in [0.2, 0.25) is 0 Å². The van der Waals surface area contributed by atoms with E-state index in [1.54, 1.807) is 11.8 Å². The predicted molar refractivity (Wildman–Crippen MR) is 78.1 cm³/mol. The second-order valence-corrected chi connectivity index (χ2v) is 4.82. The number of likely N-dealkylation sites (N-methyl/N-ethyl adjacent to an activating group) is 2. The Morgan fingerprint density at radius 2 is 2.22 bits per heavy atom. The van der Waals surface area contributed by atoms with E-state index in [1.165, 1.54) is 0 Å². The molecule has 0 spiro atoms. The van der Waals surface area contributed by atoms with Gasteiger partial charge in [0.2, 0.25) is 5.91 Å². The monoisotopic (exact) mass is 267 g/mol. The molecule has 0 saturated heterocycles. The lowest BCUT2D eigenvalue weighted by molar-refractivity contribution is -0.119. The molecule has 3 N–H and O–H groups in total. The summed E-state index contributed by atoms with van der Waals surface area (Å²) in [6.07, 6.45) is 2.03. The summed E-state index contributed by atoms with van der Waals surface area (Å²) in [5.41, 5.74) is 7.93. The van der Waals surface area contributed by atoms with Crippen LogP contribution in [0, 0.1) is 0 Å². The molecule has 0 saturated carbocycles. The molecule has 0 heterocycles. The number of hydrogen-bond donors (Lipinski definition) is 2. The zero-order valence-electron chi connectivity index (χ0n) is 11.2. The van der Waals surface area contributed by atoms with Crippen LogP contribution in [0.25, 0.3) is 0 Å². The van der Waals surface area contributed by atoms with Gasteiger partial charge in [0, 0.05) is 36.3 Å². The number of benzene rings is 1. The molecular formula is C13H21N3OS. The van der Waals surface area contributed by atoms with Crippen molar-refractivity contribution >= 4 is 23.4 Å². The van der Waals surface area contributed by atoms with Gasteiger partial charge in [-0.25, -0.2) is 0 Å². The predicted octanol–water partition coefficient (Wildman–Crippen LogP) is 1.44. The standard InChI is InChI=1S/C13H21N3OS/c1-4-15-13(17)9-16(2)11-6-5-7-12(18-3)10(11)8-14/h5-7H,4,8-9,14H2,1-3H3,(H,15,17). The molecule has 0 atom stereocenters. The highest BCUT2D eigenvalue weighted by molar-refractivity contribution is 7.98. The number of hydrogen-bond acceptors (Lipinski definition) is 4. The van der Waals surface area contributed by atoms with E-state index >= 15 is 0 Å². The molecule has 4 nitrogen and oxygen atoms in total. The number of nitrogens with one attached hydrogen (secondary N) is 1. The van der Waals surface area contributed by atoms with E-state index in [2.05, 4.69) is 11.4 Å². The topological polar surface area (TPSA) is 58.4 Å². The number of nitrogens with zero attached hydrogens (tertiary/aromatic N) is 1. The van der Waals surface area contributed by atoms with Gasteiger partial charge in [-0.1, -0.05) is 6.07 Å². The molecule has 0 aromatic heterocycles. The van der Waals surface area contributed by atoms with E-state index < -0.39 is 0 Å². The van der Waals surface area contributed by atoms with Gasteiger partial charge in [-0.2, -0.15) is 0 Å². The van der Waals surface area contributed by atoms with Crippen molar-refractivity contribution in [2.45, 2.75) is 18.4 Å². The largest absolute Gasteiger partial charge is 0.365 e. The minimum Gasteiger partial charge on any atom is -0.365 e. The Bertz CT molecular complexity index is 409. The Hall–Kier alpha value is -1.20. The fourth-order valence-corrected chi connectivity index (χ4v) is 2.51. The number of carbonyl (C=O) groups is 1. The average molecular weight is 267 g/mol. The van der Waals surface area contributed by atoms with Gasteiger partial charge in [-0.15, -0.1) is 11.8 Å². The van der Waals surface area contributed by atoms with Crippen molar-refractivity contribution in [2.24, 2.45) is 5.73 Å². The highest BCUT2D eigenvalue weighted by Gasteiger charge is 2.12. The zero-order chi connectivity index (χ0) is 13.5. The third-order valence-corrected chi connectivity index (χ3v) is 3.52. The fraction of sp³-hybridized carbons (Fsp3) is 0.462. The fourth-order valence-electron chi connectivity index (χ4n) is 1.86. The van der Waals surface area contributed by atoms with Gasteiger partial charge in [0.25, 0.3) is 0 Å². The van der Waals surface area contributed by atoms with Crippen molar-refractivity contribution in [3.63, 3.8) is 0 Å². The summed E-state index contributed by atoms with van der Waals surface area (Å²) in [4.78, 5) is 14.7. The third-order valence-electron chi connectivity index (χ3n) is 2.70. The van der Waals surface area contributed by atoms with Crippen molar-refractivity contribution in [2.75, 3.05) is 31.3 Å². The van der Waals surface area contributed by atoms with E-state index in [-0.39, 0.29) is 5.91 Å². The summed E-state index contributed by atoms with van der Waals surface area (Å²) < 4.78 is 0. The first-order valence-corrected chi connectivity index (χ1v) is 7.20. The van der Waals surface area contributed by atoms with E-state index in [0.29, 0.717) is 19.6 Å². The van der Waals surface area contributed by atoms with Crippen LogP contribution in [0.3, 0.4) is 0 Å². The summed E-state index contributed by atoms with van der Waals surface area (Å²) in [5.74, 6) is 0.0255. The number of carbonyl (C=O) groups excluding carboxylic acids is 1. The van der Waals surface area contributed by atoms with Crippen LogP contribution >= 0.6 is 11.8 Å². The second kappa shape index (κ2) is 7.28. The normalized spacial score (nSPS) is 10.2. The van der Waals surface area contributed by atoms with E-state index in [1.807, 2.05) is 37.3 Å². The van der Waals surface area contributed by atoms with Crippen LogP contribution in [-0.2, 0) is 11.3 Å². The van der Waals surface area contributed by atoms with Crippen LogP contribution in [0.4, 0.5) is 5.69 Å². The van der Waals surface area contributed by atoms with Gasteiger partial charge < -0.3 is 16.0 Å². The molecule has 100 valence electrons. The van der Waals surface area contributed by atoms with Gasteiger partial charge in [0.15, 0.2) is 0 Å². The number of thioether (sulfide) groups is 1. The Kier molecular flexibility index (Phi) is 6.01. The molecule has 0 aliphatic heterocycles. The second-order valence-electron chi connectivity index (χ2n) is 3.97. The summed E-state index contributed by atoms with van der Waals surface area (Å²) in [5, 5.41) is 2.80. The first kappa shape index (κ1) is 14.9. The molecule has 1 amide bonds. The lowest BCUT2D eigenvalue weighted by Crippen LogP contribution is -2.35. The van der Waals surface area contributed by atoms with Gasteiger partial charge in [0.1, 0.15) is 0 Å². The number of anilines is 1. The molecule has 1 aromatic carbocycles. The lowest BCUT2D eigenvalue weighted by atomic mass is 10.1.